The Hall–Kier alpha value is -2.44. The quantitative estimate of drug-likeness (QED) is 0.841. The molecule has 0 aliphatic heterocycles. The van der Waals surface area contributed by atoms with Gasteiger partial charge in [-0.3, -0.25) is 9.59 Å². The molecule has 21 heavy (non-hydrogen) atoms. The van der Waals surface area contributed by atoms with E-state index in [2.05, 4.69) is 15.6 Å². The van der Waals surface area contributed by atoms with Crippen LogP contribution in [0, 0.1) is 13.8 Å². The van der Waals surface area contributed by atoms with Gasteiger partial charge in [-0.1, -0.05) is 5.16 Å². The highest BCUT2D eigenvalue weighted by molar-refractivity contribution is 5.76. The van der Waals surface area contributed by atoms with E-state index in [-0.39, 0.29) is 11.5 Å². The molecule has 0 unspecified atom stereocenters. The lowest BCUT2D eigenvalue weighted by atomic mass is 10.1. The first-order valence-electron chi connectivity index (χ1n) is 6.78. The zero-order chi connectivity index (χ0) is 15.2. The molecule has 7 nitrogen and oxygen atoms in total. The van der Waals surface area contributed by atoms with E-state index in [1.54, 1.807) is 12.3 Å². The van der Waals surface area contributed by atoms with Crippen LogP contribution in [-0.2, 0) is 17.8 Å². The van der Waals surface area contributed by atoms with Crippen molar-refractivity contribution in [1.29, 1.82) is 0 Å². The molecule has 0 spiro atoms. The first-order valence-corrected chi connectivity index (χ1v) is 6.78. The molecular formula is C14H18N4O3. The van der Waals surface area contributed by atoms with Crippen molar-refractivity contribution in [1.82, 2.24) is 20.3 Å². The molecule has 0 aromatic carbocycles. The number of hydrogen-bond acceptors (Lipinski definition) is 5. The van der Waals surface area contributed by atoms with Gasteiger partial charge in [0.1, 0.15) is 5.76 Å². The van der Waals surface area contributed by atoms with Crippen molar-refractivity contribution in [2.45, 2.75) is 33.2 Å². The number of aromatic nitrogens is 3. The lowest BCUT2D eigenvalue weighted by Crippen LogP contribution is -2.31. The Bertz CT molecular complexity index is 655. The van der Waals surface area contributed by atoms with Crippen LogP contribution in [-0.4, -0.2) is 27.4 Å². The van der Waals surface area contributed by atoms with Gasteiger partial charge in [0, 0.05) is 30.8 Å². The van der Waals surface area contributed by atoms with Crippen LogP contribution in [0.1, 0.15) is 23.4 Å². The number of hydrogen-bond donors (Lipinski definition) is 1. The molecule has 2 heterocycles. The van der Waals surface area contributed by atoms with Crippen LogP contribution >= 0.6 is 0 Å². The number of rotatable bonds is 6. The highest BCUT2D eigenvalue weighted by Crippen LogP contribution is 2.13. The predicted molar refractivity (Wildman–Crippen MR) is 75.8 cm³/mol. The van der Waals surface area contributed by atoms with Gasteiger partial charge < -0.3 is 9.84 Å². The number of nitrogens with one attached hydrogen (secondary N) is 1. The average molecular weight is 290 g/mol. The average Bonchev–Trinajstić information content (AvgIpc) is 2.78. The van der Waals surface area contributed by atoms with Gasteiger partial charge >= 0.3 is 0 Å². The molecule has 1 N–H and O–H groups in total. The molecule has 2 rings (SSSR count). The van der Waals surface area contributed by atoms with E-state index in [1.165, 1.54) is 10.7 Å². The van der Waals surface area contributed by atoms with E-state index in [1.807, 2.05) is 13.8 Å². The molecule has 0 saturated carbocycles. The Morgan fingerprint density at radius 3 is 2.90 bits per heavy atom. The normalized spacial score (nSPS) is 10.6. The molecule has 0 aliphatic rings. The minimum absolute atomic E-state index is 0.0704. The van der Waals surface area contributed by atoms with Crippen LogP contribution < -0.4 is 10.9 Å². The summed E-state index contributed by atoms with van der Waals surface area (Å²) in [5.41, 5.74) is 1.62. The van der Waals surface area contributed by atoms with Crippen LogP contribution in [0.4, 0.5) is 0 Å². The third-order valence-electron chi connectivity index (χ3n) is 3.21. The highest BCUT2D eigenvalue weighted by atomic mass is 16.5. The first kappa shape index (κ1) is 15.0. The zero-order valence-electron chi connectivity index (χ0n) is 12.1. The molecule has 0 radical (unpaired) electrons. The molecular weight excluding hydrogens is 272 g/mol. The Balaban J connectivity index is 1.76. The Morgan fingerprint density at radius 1 is 1.43 bits per heavy atom. The van der Waals surface area contributed by atoms with Crippen LogP contribution in [0.3, 0.4) is 0 Å². The number of amides is 1. The van der Waals surface area contributed by atoms with Crippen molar-refractivity contribution >= 4 is 5.91 Å². The Labute approximate surface area is 121 Å². The Morgan fingerprint density at radius 2 is 2.24 bits per heavy atom. The third kappa shape index (κ3) is 4.01. The molecule has 112 valence electrons. The summed E-state index contributed by atoms with van der Waals surface area (Å²) in [6.45, 7) is 4.42. The fourth-order valence-corrected chi connectivity index (χ4v) is 2.04. The summed E-state index contributed by atoms with van der Waals surface area (Å²) in [6.07, 6.45) is 2.50. The molecule has 2 aromatic rings. The summed E-state index contributed by atoms with van der Waals surface area (Å²) in [4.78, 5) is 23.2. The molecule has 0 aliphatic carbocycles. The molecule has 7 heteroatoms. The zero-order valence-corrected chi connectivity index (χ0v) is 12.1. The van der Waals surface area contributed by atoms with Crippen LogP contribution in [0.25, 0.3) is 0 Å². The first-order chi connectivity index (χ1) is 10.1. The summed E-state index contributed by atoms with van der Waals surface area (Å²) in [5, 5.41) is 10.5. The van der Waals surface area contributed by atoms with Gasteiger partial charge in [0.05, 0.1) is 12.2 Å². The second kappa shape index (κ2) is 6.83. The number of nitrogens with zero attached hydrogens (tertiary/aromatic N) is 3. The van der Waals surface area contributed by atoms with E-state index < -0.39 is 0 Å². The second-order valence-electron chi connectivity index (χ2n) is 4.74. The lowest BCUT2D eigenvalue weighted by molar-refractivity contribution is -0.121. The minimum Gasteiger partial charge on any atom is -0.361 e. The van der Waals surface area contributed by atoms with Crippen molar-refractivity contribution in [3.05, 3.63) is 45.7 Å². The van der Waals surface area contributed by atoms with Gasteiger partial charge in [0.2, 0.25) is 5.91 Å². The predicted octanol–water partition coefficient (Wildman–Crippen LogP) is 0.597. The smallest absolute Gasteiger partial charge is 0.266 e. The van der Waals surface area contributed by atoms with E-state index in [4.69, 9.17) is 4.52 Å². The van der Waals surface area contributed by atoms with Gasteiger partial charge in [-0.2, -0.15) is 5.10 Å². The second-order valence-corrected chi connectivity index (χ2v) is 4.74. The monoisotopic (exact) mass is 290 g/mol. The van der Waals surface area contributed by atoms with Crippen molar-refractivity contribution in [2.75, 3.05) is 6.54 Å². The summed E-state index contributed by atoms with van der Waals surface area (Å²) >= 11 is 0. The summed E-state index contributed by atoms with van der Waals surface area (Å²) in [6, 6.07) is 3.02. The van der Waals surface area contributed by atoms with Crippen molar-refractivity contribution in [3.8, 4) is 0 Å². The highest BCUT2D eigenvalue weighted by Gasteiger charge is 2.10. The van der Waals surface area contributed by atoms with E-state index in [0.717, 1.165) is 17.0 Å². The Kier molecular flexibility index (Phi) is 4.86. The van der Waals surface area contributed by atoms with Crippen molar-refractivity contribution < 1.29 is 9.32 Å². The number of aryl methyl sites for hydroxylation is 2. The minimum atomic E-state index is -0.178. The SMILES string of the molecule is Cc1noc(C)c1CCC(=O)NCCn1ncccc1=O. The summed E-state index contributed by atoms with van der Waals surface area (Å²) in [5.74, 6) is 0.680. The van der Waals surface area contributed by atoms with Crippen LogP contribution in [0.5, 0.6) is 0 Å². The summed E-state index contributed by atoms with van der Waals surface area (Å²) < 4.78 is 6.37. The van der Waals surface area contributed by atoms with Gasteiger partial charge in [0.15, 0.2) is 0 Å². The fraction of sp³-hybridized carbons (Fsp3) is 0.429. The maximum Gasteiger partial charge on any atom is 0.266 e. The van der Waals surface area contributed by atoms with Gasteiger partial charge in [-0.05, 0) is 26.3 Å². The van der Waals surface area contributed by atoms with Crippen molar-refractivity contribution in [2.24, 2.45) is 0 Å². The largest absolute Gasteiger partial charge is 0.361 e. The maximum atomic E-state index is 11.8. The standard InChI is InChI=1S/C14H18N4O3/c1-10-12(11(2)21-17-10)5-6-13(19)15-8-9-18-14(20)4-3-7-16-18/h3-4,7H,5-6,8-9H2,1-2H3,(H,15,19). The molecule has 2 aromatic heterocycles. The van der Waals surface area contributed by atoms with Crippen LogP contribution in [0.15, 0.2) is 27.6 Å². The molecule has 1 amide bonds. The molecule has 0 atom stereocenters. The maximum absolute atomic E-state index is 11.8. The fourth-order valence-electron chi connectivity index (χ4n) is 2.04. The molecule has 0 bridgehead atoms. The third-order valence-corrected chi connectivity index (χ3v) is 3.21. The van der Waals surface area contributed by atoms with E-state index in [0.29, 0.717) is 25.9 Å². The van der Waals surface area contributed by atoms with Gasteiger partial charge in [0.25, 0.3) is 5.56 Å². The number of carbonyl (C=O) groups is 1. The number of carbonyl (C=O) groups excluding carboxylic acids is 1. The molecule has 0 fully saturated rings. The van der Waals surface area contributed by atoms with Gasteiger partial charge in [-0.25, -0.2) is 4.68 Å². The molecule has 0 saturated heterocycles. The van der Waals surface area contributed by atoms with E-state index in [9.17, 15) is 9.59 Å². The van der Waals surface area contributed by atoms with Crippen molar-refractivity contribution in [3.63, 3.8) is 0 Å². The van der Waals surface area contributed by atoms with E-state index >= 15 is 0 Å². The lowest BCUT2D eigenvalue weighted by Gasteiger charge is -2.06. The van der Waals surface area contributed by atoms with Crippen LogP contribution in [0.2, 0.25) is 0 Å². The van der Waals surface area contributed by atoms with Gasteiger partial charge in [-0.15, -0.1) is 0 Å². The topological polar surface area (TPSA) is 90.0 Å². The summed E-state index contributed by atoms with van der Waals surface area (Å²) in [7, 11) is 0.